The number of hydrogen-bond acceptors (Lipinski definition) is 0. The van der Waals surface area contributed by atoms with Gasteiger partial charge in [-0.05, 0) is 86.7 Å². The van der Waals surface area contributed by atoms with Gasteiger partial charge in [0, 0.05) is 20.0 Å². The van der Waals surface area contributed by atoms with Crippen molar-refractivity contribution in [3.63, 3.8) is 0 Å². The normalized spacial score (nSPS) is 11.8. The maximum atomic E-state index is 2.50. The Bertz CT molecular complexity index is 1850. The number of hydrogen-bond donors (Lipinski definition) is 0. The van der Waals surface area contributed by atoms with E-state index in [1.54, 1.807) is 0 Å². The molecule has 7 rings (SSSR count). The smallest absolute Gasteiger partial charge is 0.179 e. The lowest BCUT2D eigenvalue weighted by Gasteiger charge is -2.34. The molecule has 0 aliphatic carbocycles. The van der Waals surface area contributed by atoms with Crippen LogP contribution >= 0.6 is 22.6 Å². The third-order valence-corrected chi connectivity index (χ3v) is 13.5. The van der Waals surface area contributed by atoms with Gasteiger partial charge in [-0.1, -0.05) is 121 Å². The zero-order valence-electron chi connectivity index (χ0n) is 22.3. The van der Waals surface area contributed by atoms with Gasteiger partial charge in [0.25, 0.3) is 0 Å². The highest BCUT2D eigenvalue weighted by Gasteiger charge is 2.41. The number of aromatic nitrogens is 1. The molecule has 1 heterocycles. The molecule has 1 nitrogen and oxygen atoms in total. The number of benzene rings is 6. The summed E-state index contributed by atoms with van der Waals surface area (Å²) < 4.78 is 3.66. The summed E-state index contributed by atoms with van der Waals surface area (Å²) in [6, 6.07) is 56.4. The largest absolute Gasteiger partial charge is 0.309 e. The van der Waals surface area contributed by atoms with Gasteiger partial charge in [-0.3, -0.25) is 0 Å². The Kier molecular flexibility index (Phi) is 6.41. The van der Waals surface area contributed by atoms with Crippen LogP contribution in [0.3, 0.4) is 0 Å². The first-order valence-corrected chi connectivity index (χ1v) is 16.7. The van der Waals surface area contributed by atoms with Gasteiger partial charge in [-0.15, -0.1) is 0 Å². The van der Waals surface area contributed by atoms with Crippen LogP contribution in [0.15, 0.2) is 152 Å². The molecule has 0 fully saturated rings. The lowest BCUT2D eigenvalue weighted by molar-refractivity contribution is 1.17. The van der Waals surface area contributed by atoms with Gasteiger partial charge in [-0.25, -0.2) is 0 Å². The highest BCUT2D eigenvalue weighted by molar-refractivity contribution is 14.1. The lowest BCUT2D eigenvalue weighted by Crippen LogP contribution is -2.74. The molecule has 192 valence electrons. The molecule has 1 aromatic heterocycles. The summed E-state index contributed by atoms with van der Waals surface area (Å²) in [5.41, 5.74) is 4.94. The molecule has 0 atom stereocenters. The minimum Gasteiger partial charge on any atom is -0.309 e. The predicted molar refractivity (Wildman–Crippen MR) is 182 cm³/mol. The number of aryl methyl sites for hydroxylation is 1. The molecular formula is C37H28INSi. The van der Waals surface area contributed by atoms with Crippen LogP contribution in [0.1, 0.15) is 5.56 Å². The van der Waals surface area contributed by atoms with Crippen LogP contribution in [-0.4, -0.2) is 12.6 Å². The zero-order valence-corrected chi connectivity index (χ0v) is 25.4. The quantitative estimate of drug-likeness (QED) is 0.108. The molecule has 0 aliphatic rings. The molecule has 0 radical (unpaired) electrons. The second-order valence-electron chi connectivity index (χ2n) is 10.4. The van der Waals surface area contributed by atoms with Crippen molar-refractivity contribution in [3.8, 4) is 5.69 Å². The predicted octanol–water partition coefficient (Wildman–Crippen LogP) is 7.07. The molecule has 6 aromatic carbocycles. The first-order chi connectivity index (χ1) is 19.7. The summed E-state index contributed by atoms with van der Waals surface area (Å²) in [4.78, 5) is 0. The summed E-state index contributed by atoms with van der Waals surface area (Å²) in [5, 5.41) is 8.16. The van der Waals surface area contributed by atoms with E-state index in [9.17, 15) is 0 Å². The first-order valence-electron chi connectivity index (χ1n) is 13.6. The van der Waals surface area contributed by atoms with E-state index in [1.807, 2.05) is 0 Å². The van der Waals surface area contributed by atoms with Crippen LogP contribution in [0.2, 0.25) is 0 Å². The summed E-state index contributed by atoms with van der Waals surface area (Å²) in [6.07, 6.45) is 0. The molecule has 0 saturated heterocycles. The van der Waals surface area contributed by atoms with Crippen molar-refractivity contribution in [1.82, 2.24) is 4.57 Å². The van der Waals surface area contributed by atoms with Gasteiger partial charge in [0.05, 0.1) is 11.0 Å². The van der Waals surface area contributed by atoms with E-state index in [0.29, 0.717) is 0 Å². The van der Waals surface area contributed by atoms with Gasteiger partial charge < -0.3 is 4.57 Å². The molecule has 40 heavy (non-hydrogen) atoms. The van der Waals surface area contributed by atoms with Crippen LogP contribution in [0.4, 0.5) is 0 Å². The van der Waals surface area contributed by atoms with Crippen LogP contribution < -0.4 is 20.7 Å². The first kappa shape index (κ1) is 25.1. The minimum absolute atomic E-state index is 1.19. The summed E-state index contributed by atoms with van der Waals surface area (Å²) in [5.74, 6) is 0. The van der Waals surface area contributed by atoms with Crippen molar-refractivity contribution >= 4 is 73.2 Å². The molecule has 0 saturated carbocycles. The maximum absolute atomic E-state index is 2.61. The topological polar surface area (TPSA) is 4.93 Å². The van der Waals surface area contributed by atoms with E-state index in [1.165, 1.54) is 57.4 Å². The number of halogens is 1. The molecule has 0 unspecified atom stereocenters. The van der Waals surface area contributed by atoms with Crippen molar-refractivity contribution in [1.29, 1.82) is 0 Å². The van der Waals surface area contributed by atoms with E-state index in [2.05, 4.69) is 186 Å². The maximum Gasteiger partial charge on any atom is 0.179 e. The number of rotatable bonds is 5. The fourth-order valence-electron chi connectivity index (χ4n) is 6.27. The van der Waals surface area contributed by atoms with Gasteiger partial charge >= 0.3 is 0 Å². The number of fused-ring (bicyclic) bond motifs is 3. The van der Waals surface area contributed by atoms with E-state index in [-0.39, 0.29) is 0 Å². The highest BCUT2D eigenvalue weighted by Crippen LogP contribution is 2.33. The Balaban J connectivity index is 1.61. The van der Waals surface area contributed by atoms with E-state index < -0.39 is 8.07 Å². The molecular weight excluding hydrogens is 613 g/mol. The van der Waals surface area contributed by atoms with Crippen LogP contribution in [0.5, 0.6) is 0 Å². The second-order valence-corrected chi connectivity index (χ2v) is 15.5. The summed E-state index contributed by atoms with van der Waals surface area (Å²) in [6.45, 7) is 2.14. The Morgan fingerprint density at radius 2 is 0.950 bits per heavy atom. The Morgan fingerprint density at radius 1 is 0.475 bits per heavy atom. The molecule has 0 N–H and O–H groups in total. The minimum atomic E-state index is -2.61. The zero-order chi connectivity index (χ0) is 27.1. The van der Waals surface area contributed by atoms with Crippen molar-refractivity contribution < 1.29 is 0 Å². The standard InChI is InChI=1S/C37H28INSi/c1-27-17-20-29(21-18-27)39-36-23-19-28(38)25-34(36)35-26-33(22-24-37(35)39)40(30-11-5-2-6-12-30,31-13-7-3-8-14-31)32-15-9-4-10-16-32/h2-26H,1H3. The van der Waals surface area contributed by atoms with Gasteiger partial charge in [0.2, 0.25) is 0 Å². The third-order valence-electron chi connectivity index (χ3n) is 8.07. The molecule has 0 bridgehead atoms. The van der Waals surface area contributed by atoms with Gasteiger partial charge in [0.15, 0.2) is 8.07 Å². The fraction of sp³-hybridized carbons (Fsp3) is 0.0270. The van der Waals surface area contributed by atoms with E-state index >= 15 is 0 Å². The fourth-order valence-corrected chi connectivity index (χ4v) is 11.5. The van der Waals surface area contributed by atoms with Crippen molar-refractivity contribution in [2.75, 3.05) is 0 Å². The van der Waals surface area contributed by atoms with Crippen molar-refractivity contribution in [3.05, 3.63) is 161 Å². The molecule has 0 amide bonds. The van der Waals surface area contributed by atoms with Crippen LogP contribution in [0, 0.1) is 10.5 Å². The molecule has 3 heteroatoms. The Morgan fingerprint density at radius 3 is 1.48 bits per heavy atom. The molecule has 7 aromatic rings. The Hall–Kier alpha value is -3.93. The summed E-state index contributed by atoms with van der Waals surface area (Å²) >= 11 is 2.44. The van der Waals surface area contributed by atoms with E-state index in [4.69, 9.17) is 0 Å². The van der Waals surface area contributed by atoms with Crippen LogP contribution in [0.25, 0.3) is 27.5 Å². The van der Waals surface area contributed by atoms with Crippen molar-refractivity contribution in [2.45, 2.75) is 6.92 Å². The highest BCUT2D eigenvalue weighted by atomic mass is 127. The van der Waals surface area contributed by atoms with Gasteiger partial charge in [0.1, 0.15) is 0 Å². The van der Waals surface area contributed by atoms with Crippen LogP contribution in [-0.2, 0) is 0 Å². The summed E-state index contributed by atoms with van der Waals surface area (Å²) in [7, 11) is -2.61. The SMILES string of the molecule is Cc1ccc(-n2c3ccc(I)cc3c3cc([Si](c4ccccc4)(c4ccccc4)c4ccccc4)ccc32)cc1. The average molecular weight is 642 g/mol. The molecule has 0 aliphatic heterocycles. The van der Waals surface area contributed by atoms with E-state index in [0.717, 1.165) is 0 Å². The van der Waals surface area contributed by atoms with Gasteiger partial charge in [-0.2, -0.15) is 0 Å². The van der Waals surface area contributed by atoms with Crippen molar-refractivity contribution in [2.24, 2.45) is 0 Å². The molecule has 0 spiro atoms. The number of nitrogens with zero attached hydrogens (tertiary/aromatic N) is 1. The Labute approximate surface area is 249 Å². The second kappa shape index (κ2) is 10.2. The average Bonchev–Trinajstić information content (AvgIpc) is 3.33. The third kappa shape index (κ3) is 4.04. The monoisotopic (exact) mass is 641 g/mol. The lowest BCUT2D eigenvalue weighted by atomic mass is 10.1.